The SMILES string of the molecule is O=C(c1ccc(NC2CC2)nn1)N1CCC(Cc2ccccc2)CC1. The molecule has 5 nitrogen and oxygen atoms in total. The molecule has 1 amide bonds. The van der Waals surface area contributed by atoms with E-state index in [0.717, 1.165) is 38.2 Å². The third kappa shape index (κ3) is 4.16. The first-order valence-electron chi connectivity index (χ1n) is 9.21. The minimum atomic E-state index is 0.00336. The lowest BCUT2D eigenvalue weighted by molar-refractivity contribution is 0.0683. The van der Waals surface area contributed by atoms with E-state index >= 15 is 0 Å². The summed E-state index contributed by atoms with van der Waals surface area (Å²) in [4.78, 5) is 14.5. The molecule has 1 saturated carbocycles. The lowest BCUT2D eigenvalue weighted by atomic mass is 9.90. The smallest absolute Gasteiger partial charge is 0.274 e. The summed E-state index contributed by atoms with van der Waals surface area (Å²) in [5.41, 5.74) is 1.83. The Morgan fingerprint density at radius 3 is 2.40 bits per heavy atom. The molecule has 2 fully saturated rings. The standard InChI is InChI=1S/C20H24N4O/c25-20(18-8-9-19(23-22-18)21-17-6-7-17)24-12-10-16(11-13-24)14-15-4-2-1-3-5-15/h1-5,8-9,16-17H,6-7,10-14H2,(H,21,23). The van der Waals surface area contributed by atoms with E-state index in [0.29, 0.717) is 17.7 Å². The number of benzene rings is 1. The monoisotopic (exact) mass is 336 g/mol. The second kappa shape index (κ2) is 7.21. The van der Waals surface area contributed by atoms with Crippen molar-refractivity contribution in [1.82, 2.24) is 15.1 Å². The van der Waals surface area contributed by atoms with Crippen LogP contribution < -0.4 is 5.32 Å². The van der Waals surface area contributed by atoms with Crippen LogP contribution in [0, 0.1) is 5.92 Å². The van der Waals surface area contributed by atoms with E-state index in [1.165, 1.54) is 18.4 Å². The molecular weight excluding hydrogens is 312 g/mol. The van der Waals surface area contributed by atoms with E-state index in [-0.39, 0.29) is 5.91 Å². The number of anilines is 1. The Balaban J connectivity index is 1.30. The van der Waals surface area contributed by atoms with E-state index < -0.39 is 0 Å². The van der Waals surface area contributed by atoms with Crippen molar-refractivity contribution in [2.24, 2.45) is 5.92 Å². The van der Waals surface area contributed by atoms with E-state index in [1.54, 1.807) is 6.07 Å². The highest BCUT2D eigenvalue weighted by molar-refractivity contribution is 5.92. The number of aromatic nitrogens is 2. The minimum Gasteiger partial charge on any atom is -0.366 e. The van der Waals surface area contributed by atoms with Gasteiger partial charge in [0.2, 0.25) is 0 Å². The van der Waals surface area contributed by atoms with Gasteiger partial charge in [0.25, 0.3) is 5.91 Å². The number of nitrogens with one attached hydrogen (secondary N) is 1. The average Bonchev–Trinajstić information content (AvgIpc) is 3.47. The third-order valence-corrected chi connectivity index (χ3v) is 5.08. The molecule has 0 unspecified atom stereocenters. The molecule has 1 saturated heterocycles. The van der Waals surface area contributed by atoms with Crippen LogP contribution in [0.3, 0.4) is 0 Å². The largest absolute Gasteiger partial charge is 0.366 e. The molecule has 1 aliphatic heterocycles. The number of likely N-dealkylation sites (tertiary alicyclic amines) is 1. The molecule has 1 N–H and O–H groups in total. The summed E-state index contributed by atoms with van der Waals surface area (Å²) in [5.74, 6) is 1.42. The number of nitrogens with zero attached hydrogens (tertiary/aromatic N) is 3. The Bertz CT molecular complexity index is 704. The van der Waals surface area contributed by atoms with Crippen LogP contribution in [0.15, 0.2) is 42.5 Å². The maximum Gasteiger partial charge on any atom is 0.274 e. The van der Waals surface area contributed by atoms with Crippen molar-refractivity contribution in [2.45, 2.75) is 38.1 Å². The number of piperidine rings is 1. The summed E-state index contributed by atoms with van der Waals surface area (Å²) in [6, 6.07) is 14.8. The first kappa shape index (κ1) is 16.1. The van der Waals surface area contributed by atoms with E-state index in [4.69, 9.17) is 0 Å². The Labute approximate surface area is 148 Å². The second-order valence-corrected chi connectivity index (χ2v) is 7.15. The van der Waals surface area contributed by atoms with Gasteiger partial charge in [0.05, 0.1) is 0 Å². The topological polar surface area (TPSA) is 58.1 Å². The zero-order valence-corrected chi connectivity index (χ0v) is 14.4. The molecule has 1 aromatic heterocycles. The van der Waals surface area contributed by atoms with Gasteiger partial charge in [-0.05, 0) is 55.7 Å². The normalized spacial score (nSPS) is 18.2. The van der Waals surface area contributed by atoms with Gasteiger partial charge in [-0.15, -0.1) is 10.2 Å². The first-order valence-corrected chi connectivity index (χ1v) is 9.21. The number of hydrogen-bond acceptors (Lipinski definition) is 4. The molecule has 2 heterocycles. The summed E-state index contributed by atoms with van der Waals surface area (Å²) in [5, 5.41) is 11.5. The number of hydrogen-bond donors (Lipinski definition) is 1. The van der Waals surface area contributed by atoms with Crippen LogP contribution in [0.25, 0.3) is 0 Å². The minimum absolute atomic E-state index is 0.00336. The molecule has 0 atom stereocenters. The van der Waals surface area contributed by atoms with Gasteiger partial charge >= 0.3 is 0 Å². The molecule has 2 aromatic rings. The van der Waals surface area contributed by atoms with Crippen LogP contribution >= 0.6 is 0 Å². The van der Waals surface area contributed by atoms with Crippen LogP contribution in [0.5, 0.6) is 0 Å². The zero-order chi connectivity index (χ0) is 17.1. The Kier molecular flexibility index (Phi) is 4.63. The quantitative estimate of drug-likeness (QED) is 0.911. The summed E-state index contributed by atoms with van der Waals surface area (Å²) < 4.78 is 0. The van der Waals surface area contributed by atoms with Crippen LogP contribution in [-0.4, -0.2) is 40.1 Å². The van der Waals surface area contributed by atoms with Crippen LogP contribution in [0.2, 0.25) is 0 Å². The summed E-state index contributed by atoms with van der Waals surface area (Å²) in [6.45, 7) is 1.61. The number of carbonyl (C=O) groups excluding carboxylic acids is 1. The lowest BCUT2D eigenvalue weighted by Gasteiger charge is -2.31. The predicted octanol–water partition coefficient (Wildman–Crippen LogP) is 3.15. The van der Waals surface area contributed by atoms with E-state index in [2.05, 4.69) is 45.8 Å². The second-order valence-electron chi connectivity index (χ2n) is 7.15. The zero-order valence-electron chi connectivity index (χ0n) is 14.4. The van der Waals surface area contributed by atoms with Crippen molar-refractivity contribution in [3.63, 3.8) is 0 Å². The van der Waals surface area contributed by atoms with E-state index in [9.17, 15) is 4.79 Å². The number of carbonyl (C=O) groups is 1. The highest BCUT2D eigenvalue weighted by atomic mass is 16.2. The van der Waals surface area contributed by atoms with Crippen molar-refractivity contribution >= 4 is 11.7 Å². The van der Waals surface area contributed by atoms with Gasteiger partial charge in [-0.2, -0.15) is 0 Å². The highest BCUT2D eigenvalue weighted by Gasteiger charge is 2.25. The predicted molar refractivity (Wildman–Crippen MR) is 97.5 cm³/mol. The summed E-state index contributed by atoms with van der Waals surface area (Å²) in [7, 11) is 0. The van der Waals surface area contributed by atoms with Gasteiger partial charge in [-0.25, -0.2) is 0 Å². The van der Waals surface area contributed by atoms with Gasteiger partial charge in [0, 0.05) is 19.1 Å². The Hall–Kier alpha value is -2.43. The van der Waals surface area contributed by atoms with E-state index in [1.807, 2.05) is 11.0 Å². The molecule has 1 aliphatic carbocycles. The van der Waals surface area contributed by atoms with Crippen molar-refractivity contribution in [3.05, 3.63) is 53.7 Å². The molecule has 25 heavy (non-hydrogen) atoms. The highest BCUT2D eigenvalue weighted by Crippen LogP contribution is 2.24. The number of amides is 1. The van der Waals surface area contributed by atoms with Crippen LogP contribution in [0.1, 0.15) is 41.7 Å². The van der Waals surface area contributed by atoms with Crippen molar-refractivity contribution in [2.75, 3.05) is 18.4 Å². The fourth-order valence-electron chi connectivity index (χ4n) is 3.41. The molecule has 130 valence electrons. The summed E-state index contributed by atoms with van der Waals surface area (Å²) in [6.07, 6.45) is 5.59. The third-order valence-electron chi connectivity index (χ3n) is 5.08. The fraction of sp³-hybridized carbons (Fsp3) is 0.450. The van der Waals surface area contributed by atoms with Crippen LogP contribution in [0.4, 0.5) is 5.82 Å². The molecule has 0 radical (unpaired) electrons. The molecule has 0 spiro atoms. The van der Waals surface area contributed by atoms with Gasteiger partial charge in [-0.3, -0.25) is 4.79 Å². The fourth-order valence-corrected chi connectivity index (χ4v) is 3.41. The molecule has 5 heteroatoms. The molecule has 1 aromatic carbocycles. The first-order chi connectivity index (χ1) is 12.3. The Morgan fingerprint density at radius 2 is 1.76 bits per heavy atom. The average molecular weight is 336 g/mol. The van der Waals surface area contributed by atoms with Crippen molar-refractivity contribution in [1.29, 1.82) is 0 Å². The van der Waals surface area contributed by atoms with Gasteiger partial charge in [-0.1, -0.05) is 30.3 Å². The van der Waals surface area contributed by atoms with Crippen molar-refractivity contribution in [3.8, 4) is 0 Å². The maximum atomic E-state index is 12.6. The Morgan fingerprint density at radius 1 is 1.00 bits per heavy atom. The summed E-state index contributed by atoms with van der Waals surface area (Å²) >= 11 is 0. The molecule has 0 bridgehead atoms. The van der Waals surface area contributed by atoms with Crippen molar-refractivity contribution < 1.29 is 4.79 Å². The number of rotatable bonds is 5. The molecule has 2 aliphatic rings. The van der Waals surface area contributed by atoms with Gasteiger partial charge in [0.1, 0.15) is 5.82 Å². The molecular formula is C20H24N4O. The van der Waals surface area contributed by atoms with Gasteiger partial charge < -0.3 is 10.2 Å². The lowest BCUT2D eigenvalue weighted by Crippen LogP contribution is -2.39. The maximum absolute atomic E-state index is 12.6. The van der Waals surface area contributed by atoms with Crippen LogP contribution in [-0.2, 0) is 6.42 Å². The van der Waals surface area contributed by atoms with Gasteiger partial charge in [0.15, 0.2) is 5.69 Å². The molecule has 4 rings (SSSR count).